The van der Waals surface area contributed by atoms with E-state index in [0.29, 0.717) is 11.3 Å². The van der Waals surface area contributed by atoms with E-state index in [0.717, 1.165) is 18.2 Å². The van der Waals surface area contributed by atoms with E-state index in [1.807, 2.05) is 0 Å². The van der Waals surface area contributed by atoms with Gasteiger partial charge in [-0.3, -0.25) is 14.9 Å². The number of carbonyl (C=O) groups excluding carboxylic acids is 1. The minimum absolute atomic E-state index is 0.0365. The SMILES string of the molecule is Nc1ccc(CC(=O)Nc2ccc(F)cc2[N+](=O)[O-])cc1. The van der Waals surface area contributed by atoms with Gasteiger partial charge in [-0.1, -0.05) is 12.1 Å². The Morgan fingerprint density at radius 1 is 1.24 bits per heavy atom. The molecule has 6 nitrogen and oxygen atoms in total. The third-order valence-electron chi connectivity index (χ3n) is 2.77. The van der Waals surface area contributed by atoms with E-state index in [1.54, 1.807) is 24.3 Å². The molecule has 108 valence electrons. The van der Waals surface area contributed by atoms with Gasteiger partial charge in [-0.15, -0.1) is 0 Å². The average molecular weight is 289 g/mol. The van der Waals surface area contributed by atoms with Crippen LogP contribution in [0.4, 0.5) is 21.5 Å². The molecule has 0 aliphatic rings. The number of hydrogen-bond acceptors (Lipinski definition) is 4. The summed E-state index contributed by atoms with van der Waals surface area (Å²) in [5.74, 6) is -1.17. The maximum absolute atomic E-state index is 13.0. The highest BCUT2D eigenvalue weighted by molar-refractivity contribution is 5.94. The van der Waals surface area contributed by atoms with E-state index in [-0.39, 0.29) is 12.1 Å². The first kappa shape index (κ1) is 14.4. The molecule has 0 atom stereocenters. The van der Waals surface area contributed by atoms with Gasteiger partial charge in [0.2, 0.25) is 5.91 Å². The molecule has 2 aromatic rings. The van der Waals surface area contributed by atoms with Crippen LogP contribution in [-0.4, -0.2) is 10.8 Å². The number of rotatable bonds is 4. The molecule has 0 heterocycles. The van der Waals surface area contributed by atoms with Crippen molar-refractivity contribution in [1.82, 2.24) is 0 Å². The van der Waals surface area contributed by atoms with Crippen LogP contribution in [0.3, 0.4) is 0 Å². The van der Waals surface area contributed by atoms with Gasteiger partial charge in [0.25, 0.3) is 5.69 Å². The molecule has 7 heteroatoms. The first-order chi connectivity index (χ1) is 9.95. The summed E-state index contributed by atoms with van der Waals surface area (Å²) in [4.78, 5) is 21.9. The van der Waals surface area contributed by atoms with Gasteiger partial charge in [0.05, 0.1) is 17.4 Å². The maximum atomic E-state index is 13.0. The second-order valence-electron chi connectivity index (χ2n) is 4.39. The third-order valence-corrected chi connectivity index (χ3v) is 2.77. The molecular formula is C14H12FN3O3. The number of nitrogen functional groups attached to an aromatic ring is 1. The standard InChI is InChI=1S/C14H12FN3O3/c15-10-3-6-12(13(8-10)18(20)21)17-14(19)7-9-1-4-11(16)5-2-9/h1-6,8H,7,16H2,(H,17,19). The molecule has 0 spiro atoms. The highest BCUT2D eigenvalue weighted by Gasteiger charge is 2.17. The summed E-state index contributed by atoms with van der Waals surface area (Å²) in [6.07, 6.45) is 0.0365. The van der Waals surface area contributed by atoms with Crippen molar-refractivity contribution >= 4 is 23.0 Å². The molecule has 2 rings (SSSR count). The molecule has 0 bridgehead atoms. The van der Waals surface area contributed by atoms with Crippen LogP contribution in [0.1, 0.15) is 5.56 Å². The topological polar surface area (TPSA) is 98.3 Å². The molecule has 21 heavy (non-hydrogen) atoms. The van der Waals surface area contributed by atoms with Crippen molar-refractivity contribution in [3.8, 4) is 0 Å². The summed E-state index contributed by atoms with van der Waals surface area (Å²) >= 11 is 0. The molecule has 2 aromatic carbocycles. The van der Waals surface area contributed by atoms with Crippen molar-refractivity contribution in [3.05, 3.63) is 64.0 Å². The second-order valence-corrected chi connectivity index (χ2v) is 4.39. The third kappa shape index (κ3) is 3.75. The quantitative estimate of drug-likeness (QED) is 0.513. The van der Waals surface area contributed by atoms with E-state index in [4.69, 9.17) is 5.73 Å². The molecule has 0 radical (unpaired) electrons. The summed E-state index contributed by atoms with van der Waals surface area (Å²) in [5.41, 5.74) is 6.30. The Morgan fingerprint density at radius 2 is 1.90 bits per heavy atom. The lowest BCUT2D eigenvalue weighted by Gasteiger charge is -2.06. The fraction of sp³-hybridized carbons (Fsp3) is 0.0714. The average Bonchev–Trinajstić information content (AvgIpc) is 2.43. The molecule has 0 aliphatic carbocycles. The number of nitrogens with two attached hydrogens (primary N) is 1. The highest BCUT2D eigenvalue weighted by Crippen LogP contribution is 2.25. The normalized spacial score (nSPS) is 10.1. The van der Waals surface area contributed by atoms with Crippen LogP contribution in [0, 0.1) is 15.9 Å². The summed E-state index contributed by atoms with van der Waals surface area (Å²) in [6, 6.07) is 9.66. The minimum Gasteiger partial charge on any atom is -0.399 e. The van der Waals surface area contributed by atoms with Crippen molar-refractivity contribution in [2.45, 2.75) is 6.42 Å². The maximum Gasteiger partial charge on any atom is 0.295 e. The smallest absolute Gasteiger partial charge is 0.295 e. The zero-order valence-corrected chi connectivity index (χ0v) is 10.9. The number of nitro benzene ring substituents is 1. The van der Waals surface area contributed by atoms with Gasteiger partial charge < -0.3 is 11.1 Å². The van der Waals surface area contributed by atoms with Crippen LogP contribution in [0.5, 0.6) is 0 Å². The Labute approximate surface area is 119 Å². The van der Waals surface area contributed by atoms with Crippen LogP contribution in [0.15, 0.2) is 42.5 Å². The molecule has 0 saturated heterocycles. The lowest BCUT2D eigenvalue weighted by Crippen LogP contribution is -2.15. The number of anilines is 2. The number of carbonyl (C=O) groups is 1. The van der Waals surface area contributed by atoms with Gasteiger partial charge in [-0.25, -0.2) is 4.39 Å². The number of amides is 1. The zero-order chi connectivity index (χ0) is 15.4. The second kappa shape index (κ2) is 6.00. The van der Waals surface area contributed by atoms with Crippen molar-refractivity contribution < 1.29 is 14.1 Å². The van der Waals surface area contributed by atoms with Crippen LogP contribution in [-0.2, 0) is 11.2 Å². The van der Waals surface area contributed by atoms with Gasteiger partial charge in [-0.2, -0.15) is 0 Å². The Balaban J connectivity index is 2.12. The number of hydrogen-bond donors (Lipinski definition) is 2. The Bertz CT molecular complexity index is 686. The minimum atomic E-state index is -0.748. The summed E-state index contributed by atoms with van der Waals surface area (Å²) in [6.45, 7) is 0. The van der Waals surface area contributed by atoms with Crippen LogP contribution in [0.25, 0.3) is 0 Å². The number of nitro groups is 1. The van der Waals surface area contributed by atoms with Crippen LogP contribution < -0.4 is 11.1 Å². The van der Waals surface area contributed by atoms with Gasteiger partial charge in [0, 0.05) is 5.69 Å². The number of nitrogens with one attached hydrogen (secondary N) is 1. The van der Waals surface area contributed by atoms with Gasteiger partial charge in [-0.05, 0) is 29.8 Å². The van der Waals surface area contributed by atoms with Gasteiger partial charge in [0.15, 0.2) is 0 Å². The molecular weight excluding hydrogens is 277 g/mol. The summed E-state index contributed by atoms with van der Waals surface area (Å²) < 4.78 is 13.0. The van der Waals surface area contributed by atoms with E-state index >= 15 is 0 Å². The van der Waals surface area contributed by atoms with Gasteiger partial charge in [0.1, 0.15) is 11.5 Å². The molecule has 0 aliphatic heterocycles. The van der Waals surface area contributed by atoms with E-state index in [2.05, 4.69) is 5.32 Å². The predicted octanol–water partition coefficient (Wildman–Crippen LogP) is 2.50. The number of halogens is 1. The Morgan fingerprint density at radius 3 is 2.52 bits per heavy atom. The highest BCUT2D eigenvalue weighted by atomic mass is 19.1. The molecule has 0 aromatic heterocycles. The molecule has 0 saturated carbocycles. The van der Waals surface area contributed by atoms with Crippen molar-refractivity contribution in [1.29, 1.82) is 0 Å². The summed E-state index contributed by atoms with van der Waals surface area (Å²) in [7, 11) is 0. The lowest BCUT2D eigenvalue weighted by atomic mass is 10.1. The molecule has 0 unspecified atom stereocenters. The van der Waals surface area contributed by atoms with E-state index in [9.17, 15) is 19.3 Å². The van der Waals surface area contributed by atoms with E-state index < -0.39 is 22.3 Å². The molecule has 0 fully saturated rings. The zero-order valence-electron chi connectivity index (χ0n) is 10.9. The predicted molar refractivity (Wildman–Crippen MR) is 76.2 cm³/mol. The number of nitrogens with zero attached hydrogens (tertiary/aromatic N) is 1. The first-order valence-electron chi connectivity index (χ1n) is 6.04. The first-order valence-corrected chi connectivity index (χ1v) is 6.04. The Kier molecular flexibility index (Phi) is 4.13. The summed E-state index contributed by atoms with van der Waals surface area (Å²) in [5, 5.41) is 13.2. The van der Waals surface area contributed by atoms with Gasteiger partial charge >= 0.3 is 0 Å². The van der Waals surface area contributed by atoms with E-state index in [1.165, 1.54) is 0 Å². The fourth-order valence-corrected chi connectivity index (χ4v) is 1.78. The largest absolute Gasteiger partial charge is 0.399 e. The fourth-order valence-electron chi connectivity index (χ4n) is 1.78. The monoisotopic (exact) mass is 289 g/mol. The molecule has 3 N–H and O–H groups in total. The van der Waals surface area contributed by atoms with Crippen LogP contribution in [0.2, 0.25) is 0 Å². The Hall–Kier alpha value is -2.96. The van der Waals surface area contributed by atoms with Crippen molar-refractivity contribution in [3.63, 3.8) is 0 Å². The van der Waals surface area contributed by atoms with Crippen LogP contribution >= 0.6 is 0 Å². The lowest BCUT2D eigenvalue weighted by molar-refractivity contribution is -0.384. The van der Waals surface area contributed by atoms with Crippen molar-refractivity contribution in [2.24, 2.45) is 0 Å². The number of benzene rings is 2. The van der Waals surface area contributed by atoms with Crippen molar-refractivity contribution in [2.75, 3.05) is 11.1 Å². The molecule has 1 amide bonds.